The molecule has 0 N–H and O–H groups in total. The third-order valence-corrected chi connectivity index (χ3v) is 5.91. The van der Waals surface area contributed by atoms with Crippen LogP contribution in [0.5, 0.6) is 0 Å². The molecule has 0 aliphatic rings. The molecule has 4 heteroatoms. The van der Waals surface area contributed by atoms with Crippen molar-refractivity contribution in [2.24, 2.45) is 0 Å². The van der Waals surface area contributed by atoms with E-state index in [1.165, 1.54) is 0 Å². The molecule has 0 amide bonds. The molecular formula is C31H32F2N2. The molecule has 0 fully saturated rings. The SMILES string of the molecule is FC(F)(CN(Cc1ccccc1)Cc1ccccc1)CN(Cc1ccccc1)Cc1ccccc1. The number of benzene rings is 4. The molecule has 35 heavy (non-hydrogen) atoms. The molecule has 0 unspecified atom stereocenters. The maximum Gasteiger partial charge on any atom is 0.272 e. The predicted octanol–water partition coefficient (Wildman–Crippen LogP) is 7.03. The molecule has 0 aromatic heterocycles. The summed E-state index contributed by atoms with van der Waals surface area (Å²) in [5.41, 5.74) is 4.13. The molecule has 0 aliphatic carbocycles. The molecule has 0 heterocycles. The molecule has 4 aromatic rings. The van der Waals surface area contributed by atoms with Crippen LogP contribution < -0.4 is 0 Å². The zero-order valence-electron chi connectivity index (χ0n) is 19.9. The van der Waals surface area contributed by atoms with Gasteiger partial charge in [-0.3, -0.25) is 9.80 Å². The summed E-state index contributed by atoms with van der Waals surface area (Å²) in [4.78, 5) is 3.71. The van der Waals surface area contributed by atoms with Crippen molar-refractivity contribution in [1.29, 1.82) is 0 Å². The van der Waals surface area contributed by atoms with Gasteiger partial charge in [0.1, 0.15) is 0 Å². The van der Waals surface area contributed by atoms with Crippen molar-refractivity contribution >= 4 is 0 Å². The van der Waals surface area contributed by atoms with Crippen LogP contribution in [0.2, 0.25) is 0 Å². The third-order valence-electron chi connectivity index (χ3n) is 5.91. The Morgan fingerprint density at radius 2 is 0.629 bits per heavy atom. The van der Waals surface area contributed by atoms with Gasteiger partial charge in [-0.2, -0.15) is 0 Å². The predicted molar refractivity (Wildman–Crippen MR) is 139 cm³/mol. The summed E-state index contributed by atoms with van der Waals surface area (Å²) in [6.07, 6.45) is 0. The minimum Gasteiger partial charge on any atom is -0.289 e. The van der Waals surface area contributed by atoms with Crippen molar-refractivity contribution in [3.05, 3.63) is 144 Å². The van der Waals surface area contributed by atoms with E-state index in [0.29, 0.717) is 26.2 Å². The smallest absolute Gasteiger partial charge is 0.272 e. The van der Waals surface area contributed by atoms with Crippen LogP contribution in [0.1, 0.15) is 22.3 Å². The molecule has 0 saturated carbocycles. The average Bonchev–Trinajstić information content (AvgIpc) is 2.86. The van der Waals surface area contributed by atoms with Gasteiger partial charge in [0.15, 0.2) is 0 Å². The summed E-state index contributed by atoms with van der Waals surface area (Å²) in [5, 5.41) is 0. The number of alkyl halides is 2. The monoisotopic (exact) mass is 470 g/mol. The molecule has 0 saturated heterocycles. The zero-order chi connectivity index (χ0) is 24.3. The highest BCUT2D eigenvalue weighted by Crippen LogP contribution is 2.23. The highest BCUT2D eigenvalue weighted by atomic mass is 19.3. The fourth-order valence-electron chi connectivity index (χ4n) is 4.41. The van der Waals surface area contributed by atoms with Crippen LogP contribution in [0.25, 0.3) is 0 Å². The molecule has 0 spiro atoms. The second-order valence-electron chi connectivity index (χ2n) is 9.09. The van der Waals surface area contributed by atoms with Crippen LogP contribution in [0.15, 0.2) is 121 Å². The highest BCUT2D eigenvalue weighted by molar-refractivity contribution is 5.19. The number of hydrogen-bond donors (Lipinski definition) is 0. The van der Waals surface area contributed by atoms with E-state index in [1.807, 2.05) is 131 Å². The standard InChI is InChI=1S/C31H32F2N2/c32-31(33,25-34(21-27-13-5-1-6-14-27)22-28-15-7-2-8-16-28)26-35(23-29-17-9-3-10-18-29)24-30-19-11-4-12-20-30/h1-20H,21-26H2. The Morgan fingerprint density at radius 3 is 0.857 bits per heavy atom. The zero-order valence-corrected chi connectivity index (χ0v) is 19.9. The van der Waals surface area contributed by atoms with Gasteiger partial charge in [-0.15, -0.1) is 0 Å². The minimum absolute atomic E-state index is 0.309. The lowest BCUT2D eigenvalue weighted by atomic mass is 10.1. The Morgan fingerprint density at radius 1 is 0.400 bits per heavy atom. The maximum absolute atomic E-state index is 15.7. The summed E-state index contributed by atoms with van der Waals surface area (Å²) >= 11 is 0. The number of nitrogens with zero attached hydrogens (tertiary/aromatic N) is 2. The molecule has 2 nitrogen and oxygen atoms in total. The van der Waals surface area contributed by atoms with Crippen molar-refractivity contribution in [2.45, 2.75) is 32.1 Å². The quantitative estimate of drug-likeness (QED) is 0.219. The Labute approximate surface area is 207 Å². The normalized spacial score (nSPS) is 11.8. The Bertz CT molecular complexity index is 946. The van der Waals surface area contributed by atoms with Gasteiger partial charge in [0.05, 0.1) is 13.1 Å². The van der Waals surface area contributed by atoms with Gasteiger partial charge in [-0.05, 0) is 22.3 Å². The lowest BCUT2D eigenvalue weighted by Crippen LogP contribution is -2.44. The fraction of sp³-hybridized carbons (Fsp3) is 0.226. The molecule has 4 aromatic carbocycles. The van der Waals surface area contributed by atoms with E-state index < -0.39 is 5.92 Å². The first kappa shape index (κ1) is 24.8. The minimum atomic E-state index is -2.88. The molecule has 0 atom stereocenters. The first-order valence-electron chi connectivity index (χ1n) is 12.0. The molecule has 0 bridgehead atoms. The van der Waals surface area contributed by atoms with Crippen molar-refractivity contribution in [3.8, 4) is 0 Å². The summed E-state index contributed by atoms with van der Waals surface area (Å²) in [7, 11) is 0. The van der Waals surface area contributed by atoms with Crippen LogP contribution in [-0.4, -0.2) is 28.8 Å². The maximum atomic E-state index is 15.7. The van der Waals surface area contributed by atoms with E-state index in [1.54, 1.807) is 0 Å². The van der Waals surface area contributed by atoms with Gasteiger partial charge >= 0.3 is 0 Å². The summed E-state index contributed by atoms with van der Waals surface area (Å²) in [6.45, 7) is 1.28. The number of hydrogen-bond acceptors (Lipinski definition) is 2. The van der Waals surface area contributed by atoms with E-state index in [0.717, 1.165) is 22.3 Å². The van der Waals surface area contributed by atoms with E-state index >= 15 is 8.78 Å². The number of halogens is 2. The first-order chi connectivity index (χ1) is 17.1. The lowest BCUT2D eigenvalue weighted by Gasteiger charge is -2.32. The van der Waals surface area contributed by atoms with E-state index in [-0.39, 0.29) is 13.1 Å². The highest BCUT2D eigenvalue weighted by Gasteiger charge is 2.34. The van der Waals surface area contributed by atoms with Crippen LogP contribution in [0.3, 0.4) is 0 Å². The molecule has 0 radical (unpaired) electrons. The summed E-state index contributed by atoms with van der Waals surface area (Å²) in [5.74, 6) is -2.88. The molecular weight excluding hydrogens is 438 g/mol. The van der Waals surface area contributed by atoms with Crippen LogP contribution in [0.4, 0.5) is 8.78 Å². The van der Waals surface area contributed by atoms with Crippen molar-refractivity contribution < 1.29 is 8.78 Å². The lowest BCUT2D eigenvalue weighted by molar-refractivity contribution is -0.0642. The van der Waals surface area contributed by atoms with Crippen LogP contribution in [-0.2, 0) is 26.2 Å². The Hall–Kier alpha value is -3.34. The first-order valence-corrected chi connectivity index (χ1v) is 12.0. The van der Waals surface area contributed by atoms with E-state index in [9.17, 15) is 0 Å². The third kappa shape index (κ3) is 8.43. The molecule has 0 aliphatic heterocycles. The van der Waals surface area contributed by atoms with Gasteiger partial charge in [-0.1, -0.05) is 121 Å². The van der Waals surface area contributed by atoms with Crippen LogP contribution in [0, 0.1) is 0 Å². The largest absolute Gasteiger partial charge is 0.289 e. The van der Waals surface area contributed by atoms with Gasteiger partial charge in [0.25, 0.3) is 5.92 Å². The Kier molecular flexibility index (Phi) is 8.77. The average molecular weight is 471 g/mol. The molecule has 180 valence electrons. The second-order valence-corrected chi connectivity index (χ2v) is 9.09. The van der Waals surface area contributed by atoms with Gasteiger partial charge in [0.2, 0.25) is 0 Å². The van der Waals surface area contributed by atoms with Crippen molar-refractivity contribution in [3.63, 3.8) is 0 Å². The van der Waals surface area contributed by atoms with Gasteiger partial charge < -0.3 is 0 Å². The van der Waals surface area contributed by atoms with Gasteiger partial charge in [0, 0.05) is 26.2 Å². The number of rotatable bonds is 12. The topological polar surface area (TPSA) is 6.48 Å². The van der Waals surface area contributed by atoms with Crippen molar-refractivity contribution in [1.82, 2.24) is 9.80 Å². The molecule has 4 rings (SSSR count). The van der Waals surface area contributed by atoms with E-state index in [2.05, 4.69) is 0 Å². The fourth-order valence-corrected chi connectivity index (χ4v) is 4.41. The van der Waals surface area contributed by atoms with Crippen molar-refractivity contribution in [2.75, 3.05) is 13.1 Å². The van der Waals surface area contributed by atoms with Gasteiger partial charge in [-0.25, -0.2) is 8.78 Å². The Balaban J connectivity index is 1.50. The summed E-state index contributed by atoms with van der Waals surface area (Å²) in [6, 6.07) is 39.4. The van der Waals surface area contributed by atoms with Crippen LogP contribution >= 0.6 is 0 Å². The second kappa shape index (κ2) is 12.4. The summed E-state index contributed by atoms with van der Waals surface area (Å²) < 4.78 is 31.3. The van der Waals surface area contributed by atoms with E-state index in [4.69, 9.17) is 0 Å².